The van der Waals surface area contributed by atoms with Crippen LogP contribution in [0.1, 0.15) is 102 Å². The minimum Gasteiger partial charge on any atom is -0.399 e. The molecule has 2 aromatic carbocycles. The molecule has 0 radical (unpaired) electrons. The fourth-order valence-electron chi connectivity index (χ4n) is 8.35. The summed E-state index contributed by atoms with van der Waals surface area (Å²) in [5.74, 6) is 1.77. The first-order valence-corrected chi connectivity index (χ1v) is 21.1. The molecule has 3 aliphatic carbocycles. The summed E-state index contributed by atoms with van der Waals surface area (Å²) in [5, 5.41) is 0. The fourth-order valence-corrected chi connectivity index (χ4v) is 9.11. The monoisotopic (exact) mass is 612 g/mol. The molecule has 0 amide bonds. The second kappa shape index (κ2) is 11.1. The Labute approximate surface area is 266 Å². The van der Waals surface area contributed by atoms with Crippen LogP contribution in [0.2, 0.25) is 25.7 Å². The van der Waals surface area contributed by atoms with Gasteiger partial charge in [0.25, 0.3) is 0 Å². The SMILES string of the molecule is CC1(C)OB(c2ccc(-c3ccc4nc(C5CCCC5)n(COCC[Si](C)(C)C)c4c3)c3c2CC2(CCCC2)C3)OC1(C)C. The van der Waals surface area contributed by atoms with Gasteiger partial charge >= 0.3 is 7.12 Å². The van der Waals surface area contributed by atoms with Gasteiger partial charge < -0.3 is 18.6 Å². The van der Waals surface area contributed by atoms with Crippen molar-refractivity contribution in [1.82, 2.24) is 9.55 Å². The normalized spacial score (nSPS) is 22.6. The summed E-state index contributed by atoms with van der Waals surface area (Å²) in [6, 6.07) is 12.8. The first-order valence-electron chi connectivity index (χ1n) is 17.4. The lowest BCUT2D eigenvalue weighted by Crippen LogP contribution is -2.41. The third-order valence-electron chi connectivity index (χ3n) is 11.8. The van der Waals surface area contributed by atoms with E-state index in [0.29, 0.717) is 18.1 Å². The number of fused-ring (bicyclic) bond motifs is 2. The summed E-state index contributed by atoms with van der Waals surface area (Å²) in [5.41, 5.74) is 8.95. The van der Waals surface area contributed by atoms with Crippen LogP contribution in [0.5, 0.6) is 0 Å². The molecule has 3 aromatic rings. The minimum absolute atomic E-state index is 0.314. The summed E-state index contributed by atoms with van der Waals surface area (Å²) in [4.78, 5) is 5.24. The largest absolute Gasteiger partial charge is 0.495 e. The van der Waals surface area contributed by atoms with Crippen LogP contribution in [0.15, 0.2) is 30.3 Å². The van der Waals surface area contributed by atoms with Crippen LogP contribution < -0.4 is 5.46 Å². The van der Waals surface area contributed by atoms with Gasteiger partial charge in [-0.2, -0.15) is 0 Å². The van der Waals surface area contributed by atoms with Gasteiger partial charge in [-0.05, 0) is 118 Å². The van der Waals surface area contributed by atoms with E-state index in [1.807, 2.05) is 0 Å². The van der Waals surface area contributed by atoms with Crippen molar-refractivity contribution in [1.29, 1.82) is 0 Å². The Bertz CT molecular complexity index is 1530. The highest BCUT2D eigenvalue weighted by Gasteiger charge is 2.53. The number of imidazole rings is 1. The van der Waals surface area contributed by atoms with Crippen LogP contribution in [-0.4, -0.2) is 42.6 Å². The molecule has 4 aliphatic rings. The van der Waals surface area contributed by atoms with Crippen LogP contribution in [-0.2, 0) is 33.6 Å². The van der Waals surface area contributed by atoms with Gasteiger partial charge in [0.05, 0.1) is 22.2 Å². The smallest absolute Gasteiger partial charge is 0.399 e. The Hall–Kier alpha value is -1.93. The molecule has 44 heavy (non-hydrogen) atoms. The maximum atomic E-state index is 6.62. The van der Waals surface area contributed by atoms with E-state index in [9.17, 15) is 0 Å². The van der Waals surface area contributed by atoms with Crippen molar-refractivity contribution >= 4 is 31.7 Å². The minimum atomic E-state index is -1.15. The summed E-state index contributed by atoms with van der Waals surface area (Å²) >= 11 is 0. The Morgan fingerprint density at radius 2 is 1.59 bits per heavy atom. The summed E-state index contributed by atoms with van der Waals surface area (Å²) < 4.78 is 22.0. The lowest BCUT2D eigenvalue weighted by atomic mass is 9.73. The Morgan fingerprint density at radius 3 is 2.27 bits per heavy atom. The second-order valence-electron chi connectivity index (χ2n) is 16.7. The quantitative estimate of drug-likeness (QED) is 0.189. The van der Waals surface area contributed by atoms with E-state index >= 15 is 0 Å². The predicted molar refractivity (Wildman–Crippen MR) is 185 cm³/mol. The number of nitrogens with zero attached hydrogens (tertiary/aromatic N) is 2. The second-order valence-corrected chi connectivity index (χ2v) is 22.4. The Kier molecular flexibility index (Phi) is 7.75. The van der Waals surface area contributed by atoms with Crippen molar-refractivity contribution in [2.45, 2.75) is 141 Å². The molecular formula is C37H53BN2O3Si. The average Bonchev–Trinajstić information content (AvgIpc) is 3.77. The molecule has 0 bridgehead atoms. The molecule has 2 heterocycles. The number of benzene rings is 2. The molecule has 7 rings (SSSR count). The van der Waals surface area contributed by atoms with Crippen LogP contribution >= 0.6 is 0 Å². The maximum absolute atomic E-state index is 6.62. The van der Waals surface area contributed by atoms with Crippen LogP contribution in [0.3, 0.4) is 0 Å². The first kappa shape index (κ1) is 30.7. The topological polar surface area (TPSA) is 45.5 Å². The van der Waals surface area contributed by atoms with Crippen molar-refractivity contribution in [3.8, 4) is 11.1 Å². The van der Waals surface area contributed by atoms with E-state index < -0.39 is 8.07 Å². The third-order valence-corrected chi connectivity index (χ3v) is 13.5. The highest BCUT2D eigenvalue weighted by atomic mass is 28.3. The maximum Gasteiger partial charge on any atom is 0.495 e. The van der Waals surface area contributed by atoms with Crippen molar-refractivity contribution in [3.05, 3.63) is 47.3 Å². The molecule has 3 fully saturated rings. The lowest BCUT2D eigenvalue weighted by molar-refractivity contribution is 0.00578. The molecule has 1 spiro atoms. The van der Waals surface area contributed by atoms with Gasteiger partial charge in [-0.15, -0.1) is 0 Å². The van der Waals surface area contributed by atoms with Crippen molar-refractivity contribution < 1.29 is 14.0 Å². The van der Waals surface area contributed by atoms with E-state index in [0.717, 1.165) is 25.0 Å². The Morgan fingerprint density at radius 1 is 0.909 bits per heavy atom. The van der Waals surface area contributed by atoms with Gasteiger partial charge in [0.15, 0.2) is 0 Å². The summed E-state index contributed by atoms with van der Waals surface area (Å²) in [7, 11) is -1.46. The van der Waals surface area contributed by atoms with Gasteiger partial charge in [-0.25, -0.2) is 4.98 Å². The number of hydrogen-bond acceptors (Lipinski definition) is 4. The molecule has 2 saturated carbocycles. The van der Waals surface area contributed by atoms with Gasteiger partial charge in [-0.3, -0.25) is 0 Å². The van der Waals surface area contributed by atoms with Crippen molar-refractivity contribution in [3.63, 3.8) is 0 Å². The van der Waals surface area contributed by atoms with E-state index in [-0.39, 0.29) is 18.3 Å². The molecule has 1 saturated heterocycles. The highest BCUT2D eigenvalue weighted by Crippen LogP contribution is 2.51. The van der Waals surface area contributed by atoms with Crippen LogP contribution in [0.25, 0.3) is 22.2 Å². The zero-order chi connectivity index (χ0) is 30.9. The first-order chi connectivity index (χ1) is 20.8. The van der Waals surface area contributed by atoms with E-state index in [4.69, 9.17) is 19.0 Å². The lowest BCUT2D eigenvalue weighted by Gasteiger charge is -2.32. The highest BCUT2D eigenvalue weighted by molar-refractivity contribution is 6.76. The number of rotatable bonds is 8. The standard InChI is InChI=1S/C37H53BN2O3Si/c1-35(2)36(3,4)43-38(42-35)31-16-15-28(29-23-37(24-30(29)31)18-10-11-19-37)27-14-17-32-33(22-27)40(25-41-20-21-44(5,6)7)34(39-32)26-12-8-9-13-26/h14-17,22,26H,8-13,18-21,23-25H2,1-7H3. The number of ether oxygens (including phenoxy) is 1. The van der Waals surface area contributed by atoms with Crippen LogP contribution in [0, 0.1) is 5.41 Å². The van der Waals surface area contributed by atoms with E-state index in [2.05, 4.69) is 82.2 Å². The van der Waals surface area contributed by atoms with E-state index in [1.165, 1.54) is 96.5 Å². The molecule has 5 nitrogen and oxygen atoms in total. The zero-order valence-corrected chi connectivity index (χ0v) is 29.4. The molecule has 1 aliphatic heterocycles. The van der Waals surface area contributed by atoms with Gasteiger partial charge in [0, 0.05) is 20.6 Å². The van der Waals surface area contributed by atoms with Gasteiger partial charge in [0.2, 0.25) is 0 Å². The number of hydrogen-bond donors (Lipinski definition) is 0. The molecular weight excluding hydrogens is 559 g/mol. The number of aromatic nitrogens is 2. The average molecular weight is 613 g/mol. The van der Waals surface area contributed by atoms with Gasteiger partial charge in [0.1, 0.15) is 12.6 Å². The molecule has 236 valence electrons. The molecule has 0 N–H and O–H groups in total. The van der Waals surface area contributed by atoms with Crippen molar-refractivity contribution in [2.24, 2.45) is 5.41 Å². The molecule has 1 aromatic heterocycles. The fraction of sp³-hybridized carbons (Fsp3) is 0.649. The Balaban J connectivity index is 1.28. The summed E-state index contributed by atoms with van der Waals surface area (Å²) in [6.45, 7) is 17.3. The summed E-state index contributed by atoms with van der Waals surface area (Å²) in [6.07, 6.45) is 12.7. The third kappa shape index (κ3) is 5.54. The van der Waals surface area contributed by atoms with Crippen LogP contribution in [0.4, 0.5) is 0 Å². The predicted octanol–water partition coefficient (Wildman–Crippen LogP) is 8.63. The zero-order valence-electron chi connectivity index (χ0n) is 28.4. The van der Waals surface area contributed by atoms with Gasteiger partial charge in [-0.1, -0.05) is 63.5 Å². The van der Waals surface area contributed by atoms with Crippen molar-refractivity contribution in [2.75, 3.05) is 6.61 Å². The molecule has 0 atom stereocenters. The van der Waals surface area contributed by atoms with E-state index in [1.54, 1.807) is 0 Å². The molecule has 0 unspecified atom stereocenters. The molecule has 7 heteroatoms.